The van der Waals surface area contributed by atoms with Gasteiger partial charge in [0.2, 0.25) is 5.91 Å². The molecule has 0 rings (SSSR count). The van der Waals surface area contributed by atoms with Gasteiger partial charge in [0.15, 0.2) is 0 Å². The van der Waals surface area contributed by atoms with Gasteiger partial charge in [0.1, 0.15) is 0 Å². The van der Waals surface area contributed by atoms with E-state index in [1.54, 1.807) is 6.08 Å². The molecule has 0 aromatic carbocycles. The van der Waals surface area contributed by atoms with Crippen LogP contribution in [0, 0.1) is 0 Å². The van der Waals surface area contributed by atoms with E-state index in [4.69, 9.17) is 4.74 Å². The van der Waals surface area contributed by atoms with Gasteiger partial charge in [-0.3, -0.25) is 9.59 Å². The van der Waals surface area contributed by atoms with Crippen molar-refractivity contribution in [3.63, 3.8) is 0 Å². The summed E-state index contributed by atoms with van der Waals surface area (Å²) in [4.78, 5) is 24.5. The van der Waals surface area contributed by atoms with Gasteiger partial charge >= 0.3 is 5.97 Å². The van der Waals surface area contributed by atoms with E-state index in [9.17, 15) is 19.8 Å². The van der Waals surface area contributed by atoms with E-state index in [1.165, 1.54) is 295 Å². The fourth-order valence-electron chi connectivity index (χ4n) is 11.0. The van der Waals surface area contributed by atoms with Crippen LogP contribution in [0.3, 0.4) is 0 Å². The summed E-state index contributed by atoms with van der Waals surface area (Å²) in [6.45, 7) is 4.88. The summed E-state index contributed by atoms with van der Waals surface area (Å²) in [5, 5.41) is 23.2. The van der Waals surface area contributed by atoms with E-state index < -0.39 is 12.1 Å². The molecule has 0 spiro atoms. The number of esters is 1. The van der Waals surface area contributed by atoms with Gasteiger partial charge in [0, 0.05) is 12.8 Å². The van der Waals surface area contributed by atoms with Gasteiger partial charge in [-0.25, -0.2) is 0 Å². The van der Waals surface area contributed by atoms with Crippen molar-refractivity contribution in [2.24, 2.45) is 0 Å². The predicted molar refractivity (Wildman–Crippen MR) is 356 cm³/mol. The Bertz CT molecular complexity index is 1400. The molecular weight excluding hydrogens is 995 g/mol. The number of amides is 1. The average molecular weight is 1130 g/mol. The molecule has 3 N–H and O–H groups in total. The second-order valence-corrected chi connectivity index (χ2v) is 24.6. The maximum atomic E-state index is 12.5. The molecule has 2 unspecified atom stereocenters. The van der Waals surface area contributed by atoms with Crippen molar-refractivity contribution < 1.29 is 24.5 Å². The van der Waals surface area contributed by atoms with Crippen LogP contribution >= 0.6 is 0 Å². The molecule has 0 fully saturated rings. The van der Waals surface area contributed by atoms with Crippen molar-refractivity contribution in [1.29, 1.82) is 0 Å². The number of rotatable bonds is 67. The van der Waals surface area contributed by atoms with Crippen molar-refractivity contribution >= 4 is 11.9 Å². The Morgan fingerprint density at radius 1 is 0.346 bits per heavy atom. The summed E-state index contributed by atoms with van der Waals surface area (Å²) in [5.41, 5.74) is 0. The fourth-order valence-corrected chi connectivity index (χ4v) is 11.0. The molecule has 6 heteroatoms. The summed E-state index contributed by atoms with van der Waals surface area (Å²) >= 11 is 0. The van der Waals surface area contributed by atoms with Crippen LogP contribution in [0.4, 0.5) is 0 Å². The van der Waals surface area contributed by atoms with Gasteiger partial charge in [0.25, 0.3) is 0 Å². The van der Waals surface area contributed by atoms with Crippen LogP contribution < -0.4 is 5.32 Å². The Balaban J connectivity index is 3.39. The van der Waals surface area contributed by atoms with E-state index in [0.29, 0.717) is 19.4 Å². The van der Waals surface area contributed by atoms with Crippen LogP contribution in [-0.2, 0) is 14.3 Å². The largest absolute Gasteiger partial charge is 0.466 e. The van der Waals surface area contributed by atoms with Gasteiger partial charge in [-0.05, 0) is 89.9 Å². The zero-order chi connectivity index (χ0) is 58.5. The number of nitrogens with one attached hydrogen (secondary N) is 1. The fraction of sp³-hybridized carbons (Fsp3) is 0.840. The summed E-state index contributed by atoms with van der Waals surface area (Å²) in [5.74, 6) is -0.0624. The third-order valence-corrected chi connectivity index (χ3v) is 16.5. The summed E-state index contributed by atoms with van der Waals surface area (Å²) in [6, 6.07) is -0.627. The molecule has 0 aliphatic heterocycles. The first-order chi connectivity index (χ1) is 40.0. The molecule has 0 radical (unpaired) electrons. The molecule has 474 valence electrons. The Hall–Kier alpha value is -2.44. The highest BCUT2D eigenvalue weighted by Crippen LogP contribution is 2.18. The molecule has 0 saturated carbocycles. The van der Waals surface area contributed by atoms with E-state index >= 15 is 0 Å². The summed E-state index contributed by atoms with van der Waals surface area (Å²) in [7, 11) is 0. The Labute approximate surface area is 505 Å². The molecular formula is C75H139NO5. The maximum Gasteiger partial charge on any atom is 0.305 e. The van der Waals surface area contributed by atoms with Gasteiger partial charge in [-0.15, -0.1) is 0 Å². The number of carbonyl (C=O) groups excluding carboxylic acids is 2. The van der Waals surface area contributed by atoms with E-state index in [-0.39, 0.29) is 18.5 Å². The minimum atomic E-state index is -0.843. The van der Waals surface area contributed by atoms with Gasteiger partial charge in [-0.1, -0.05) is 338 Å². The molecule has 6 nitrogen and oxygen atoms in total. The average Bonchev–Trinajstić information content (AvgIpc) is 3.47. The van der Waals surface area contributed by atoms with Gasteiger partial charge in [-0.2, -0.15) is 0 Å². The van der Waals surface area contributed by atoms with E-state index in [0.717, 1.165) is 57.8 Å². The Morgan fingerprint density at radius 3 is 0.975 bits per heavy atom. The zero-order valence-corrected chi connectivity index (χ0v) is 54.3. The van der Waals surface area contributed by atoms with Gasteiger partial charge < -0.3 is 20.3 Å². The summed E-state index contributed by atoms with van der Waals surface area (Å²) < 4.78 is 5.48. The van der Waals surface area contributed by atoms with Crippen molar-refractivity contribution in [3.05, 3.63) is 60.8 Å². The third-order valence-electron chi connectivity index (χ3n) is 16.5. The second kappa shape index (κ2) is 70.0. The number of allylic oxidation sites excluding steroid dienone is 9. The lowest BCUT2D eigenvalue weighted by Gasteiger charge is -2.20. The Kier molecular flexibility index (Phi) is 67.9. The van der Waals surface area contributed by atoms with Crippen LogP contribution in [0.1, 0.15) is 380 Å². The minimum Gasteiger partial charge on any atom is -0.466 e. The molecule has 0 aliphatic carbocycles. The lowest BCUT2D eigenvalue weighted by Crippen LogP contribution is -2.45. The van der Waals surface area contributed by atoms with Crippen LogP contribution in [0.2, 0.25) is 0 Å². The standard InChI is InChI=1S/C75H139NO5/c1-3-5-7-9-11-13-15-17-40-43-47-51-55-59-63-67-73(78)72(71-77)76-74(79)68-64-60-56-52-48-44-41-38-36-34-32-30-28-26-24-22-20-19-21-23-25-27-29-31-33-35-37-39-42-46-50-54-58-62-66-70-81-75(80)69-65-61-57-53-49-45-18-16-14-12-10-8-6-4-2/h10,12,16,18,21,23,27,29,63,67,72-73,77-78H,3-9,11,13-15,17,19-20,22,24-26,28,30-62,64-66,68-71H2,1-2H3,(H,76,79)/b12-10-,18-16-,23-21-,29-27-,67-63+. The summed E-state index contributed by atoms with van der Waals surface area (Å²) in [6.07, 6.45) is 93.1. The zero-order valence-electron chi connectivity index (χ0n) is 54.3. The molecule has 0 bridgehead atoms. The van der Waals surface area contributed by atoms with Crippen molar-refractivity contribution in [2.75, 3.05) is 13.2 Å². The van der Waals surface area contributed by atoms with Crippen LogP contribution in [-0.4, -0.2) is 47.4 Å². The third kappa shape index (κ3) is 66.6. The van der Waals surface area contributed by atoms with Crippen molar-refractivity contribution in [1.82, 2.24) is 5.32 Å². The van der Waals surface area contributed by atoms with E-state index in [1.807, 2.05) is 6.08 Å². The molecule has 2 atom stereocenters. The van der Waals surface area contributed by atoms with Gasteiger partial charge in [0.05, 0.1) is 25.4 Å². The highest BCUT2D eigenvalue weighted by Gasteiger charge is 2.18. The molecule has 81 heavy (non-hydrogen) atoms. The SMILES string of the molecule is CCCC/C=C\C/C=C\CCCCCCCC(=O)OCCCCCCCCCCCCC/C=C\C/C=C\CCCCCCCCCCCCCCCCCCCC(=O)NC(CO)C(O)/C=C/CCCCCCCCCCCCCCC. The molecule has 0 heterocycles. The monoisotopic (exact) mass is 1130 g/mol. The number of ether oxygens (including phenoxy) is 1. The molecule has 0 aromatic heterocycles. The quantitative estimate of drug-likeness (QED) is 0.0320. The molecule has 0 saturated heterocycles. The topological polar surface area (TPSA) is 95.9 Å². The highest BCUT2D eigenvalue weighted by molar-refractivity contribution is 5.76. The number of hydrogen-bond acceptors (Lipinski definition) is 5. The number of aliphatic hydroxyl groups is 2. The number of unbranched alkanes of at least 4 members (excludes halogenated alkanes) is 48. The van der Waals surface area contributed by atoms with Crippen molar-refractivity contribution in [2.45, 2.75) is 392 Å². The lowest BCUT2D eigenvalue weighted by atomic mass is 10.0. The number of hydrogen-bond donors (Lipinski definition) is 3. The molecule has 1 amide bonds. The highest BCUT2D eigenvalue weighted by atomic mass is 16.5. The first-order valence-corrected chi connectivity index (χ1v) is 36.1. The Morgan fingerprint density at radius 2 is 0.630 bits per heavy atom. The molecule has 0 aliphatic rings. The second-order valence-electron chi connectivity index (χ2n) is 24.6. The first-order valence-electron chi connectivity index (χ1n) is 36.1. The lowest BCUT2D eigenvalue weighted by molar-refractivity contribution is -0.143. The number of aliphatic hydroxyl groups excluding tert-OH is 2. The normalized spacial score (nSPS) is 12.9. The van der Waals surface area contributed by atoms with E-state index in [2.05, 4.69) is 67.8 Å². The number of carbonyl (C=O) groups is 2. The minimum absolute atomic E-state index is 0.00167. The van der Waals surface area contributed by atoms with Crippen LogP contribution in [0.5, 0.6) is 0 Å². The smallest absolute Gasteiger partial charge is 0.305 e. The van der Waals surface area contributed by atoms with Crippen molar-refractivity contribution in [3.8, 4) is 0 Å². The van der Waals surface area contributed by atoms with Crippen LogP contribution in [0.25, 0.3) is 0 Å². The first kappa shape index (κ1) is 78.6. The van der Waals surface area contributed by atoms with Crippen LogP contribution in [0.15, 0.2) is 60.8 Å². The predicted octanol–water partition coefficient (Wildman–Crippen LogP) is 23.4. The maximum absolute atomic E-state index is 12.5. The molecule has 0 aromatic rings.